The van der Waals surface area contributed by atoms with Gasteiger partial charge in [0.25, 0.3) is 0 Å². The van der Waals surface area contributed by atoms with E-state index in [1.165, 1.54) is 39.8 Å². The fraction of sp³-hybridized carbons (Fsp3) is 0.629. The minimum atomic E-state index is -2.51. The third-order valence-electron chi connectivity index (χ3n) is 10.6. The van der Waals surface area contributed by atoms with Crippen LogP contribution in [0.5, 0.6) is 0 Å². The zero-order valence-corrected chi connectivity index (χ0v) is 28.9. The van der Waals surface area contributed by atoms with Crippen LogP contribution in [0.25, 0.3) is 0 Å². The zero-order valence-electron chi connectivity index (χ0n) is 28.9. The van der Waals surface area contributed by atoms with Crippen molar-refractivity contribution in [2.24, 2.45) is 16.7 Å². The van der Waals surface area contributed by atoms with Crippen LogP contribution in [-0.2, 0) is 42.9 Å². The Kier molecular flexibility index (Phi) is 10.4. The minimum Gasteiger partial charge on any atom is -0.463 e. The summed E-state index contributed by atoms with van der Waals surface area (Å²) in [7, 11) is 0. The highest BCUT2D eigenvalue weighted by Gasteiger charge is 2.77. The summed E-state index contributed by atoms with van der Waals surface area (Å²) in [5, 5.41) is 49.2. The number of aliphatic hydroxyl groups is 4. The van der Waals surface area contributed by atoms with Crippen molar-refractivity contribution in [3.05, 3.63) is 47.0 Å². The van der Waals surface area contributed by atoms with E-state index in [0.29, 0.717) is 0 Å². The molecule has 0 heterocycles. The van der Waals surface area contributed by atoms with Crippen molar-refractivity contribution >= 4 is 29.8 Å². The lowest BCUT2D eigenvalue weighted by Gasteiger charge is -2.60. The first-order valence-electron chi connectivity index (χ1n) is 16.1. The number of hydrogen-bond donors (Lipinski definition) is 4. The number of carbonyl (C=O) groups is 5. The number of hydrogen-bond acceptors (Lipinski definition) is 14. The Balaban J connectivity index is 2.18. The van der Waals surface area contributed by atoms with E-state index in [0.717, 1.165) is 27.7 Å². The van der Waals surface area contributed by atoms with Crippen LogP contribution in [0.2, 0.25) is 0 Å². The molecular weight excluding hydrogens is 644 g/mol. The molecule has 4 rings (SSSR count). The molecule has 0 unspecified atom stereocenters. The maximum absolute atomic E-state index is 13.8. The summed E-state index contributed by atoms with van der Waals surface area (Å²) in [6, 6.07) is 7.84. The van der Waals surface area contributed by atoms with Gasteiger partial charge in [-0.2, -0.15) is 0 Å². The predicted molar refractivity (Wildman–Crippen MR) is 168 cm³/mol. The third-order valence-corrected chi connectivity index (χ3v) is 10.6. The van der Waals surface area contributed by atoms with Crippen LogP contribution in [0.4, 0.5) is 0 Å². The summed E-state index contributed by atoms with van der Waals surface area (Å²) < 4.78 is 28.9. The summed E-state index contributed by atoms with van der Waals surface area (Å²) in [5.74, 6) is -6.04. The molecule has 49 heavy (non-hydrogen) atoms. The number of ether oxygens (including phenoxy) is 5. The summed E-state index contributed by atoms with van der Waals surface area (Å²) >= 11 is 0. The van der Waals surface area contributed by atoms with E-state index in [1.807, 2.05) is 0 Å². The smallest absolute Gasteiger partial charge is 0.338 e. The van der Waals surface area contributed by atoms with Crippen LogP contribution in [0, 0.1) is 16.7 Å². The molecule has 0 amide bonds. The Hall–Kier alpha value is -3.85. The summed E-state index contributed by atoms with van der Waals surface area (Å²) in [5.41, 5.74) is -8.08. The van der Waals surface area contributed by atoms with E-state index in [1.54, 1.807) is 18.2 Å². The van der Waals surface area contributed by atoms with Crippen molar-refractivity contribution in [3.8, 4) is 0 Å². The van der Waals surface area contributed by atoms with Crippen LogP contribution in [0.1, 0.15) is 78.6 Å². The first kappa shape index (κ1) is 38.0. The number of carbonyl (C=O) groups excluding carboxylic acids is 5. The summed E-state index contributed by atoms with van der Waals surface area (Å²) in [6.45, 7) is 9.16. The Morgan fingerprint density at radius 1 is 0.857 bits per heavy atom. The monoisotopic (exact) mass is 690 g/mol. The second-order valence-corrected chi connectivity index (χ2v) is 14.1. The number of aliphatic hydroxyl groups excluding tert-OH is 2. The average Bonchev–Trinajstić information content (AvgIpc) is 3.23. The molecule has 0 aromatic heterocycles. The van der Waals surface area contributed by atoms with E-state index >= 15 is 0 Å². The average molecular weight is 691 g/mol. The van der Waals surface area contributed by atoms with Gasteiger partial charge in [-0.1, -0.05) is 25.1 Å². The lowest BCUT2D eigenvalue weighted by Crippen LogP contribution is -2.74. The molecule has 2 fully saturated rings. The molecule has 1 aromatic rings. The van der Waals surface area contributed by atoms with Crippen LogP contribution in [-0.4, -0.2) is 105 Å². The molecule has 0 saturated heterocycles. The number of benzene rings is 1. The van der Waals surface area contributed by atoms with Crippen molar-refractivity contribution in [1.29, 1.82) is 0 Å². The molecule has 270 valence electrons. The van der Waals surface area contributed by atoms with Gasteiger partial charge in [-0.15, -0.1) is 0 Å². The predicted octanol–water partition coefficient (Wildman–Crippen LogP) is 1.54. The third kappa shape index (κ3) is 6.46. The molecule has 4 N–H and O–H groups in total. The maximum Gasteiger partial charge on any atom is 0.338 e. The molecule has 0 bridgehead atoms. The maximum atomic E-state index is 13.8. The van der Waals surface area contributed by atoms with Gasteiger partial charge in [0.2, 0.25) is 0 Å². The highest BCUT2D eigenvalue weighted by atomic mass is 16.6. The van der Waals surface area contributed by atoms with Gasteiger partial charge < -0.3 is 44.1 Å². The second-order valence-electron chi connectivity index (χ2n) is 14.1. The van der Waals surface area contributed by atoms with Gasteiger partial charge in [-0.05, 0) is 50.5 Å². The number of rotatable bonds is 8. The van der Waals surface area contributed by atoms with Crippen LogP contribution in [0.3, 0.4) is 0 Å². The highest BCUT2D eigenvalue weighted by molar-refractivity contribution is 5.89. The van der Waals surface area contributed by atoms with Crippen molar-refractivity contribution < 1.29 is 68.1 Å². The molecule has 10 atom stereocenters. The Morgan fingerprint density at radius 2 is 1.41 bits per heavy atom. The van der Waals surface area contributed by atoms with E-state index in [4.69, 9.17) is 23.7 Å². The van der Waals surface area contributed by atoms with Gasteiger partial charge in [-0.25, -0.2) is 4.79 Å². The van der Waals surface area contributed by atoms with Crippen LogP contribution >= 0.6 is 0 Å². The van der Waals surface area contributed by atoms with Crippen LogP contribution < -0.4 is 0 Å². The largest absolute Gasteiger partial charge is 0.463 e. The lowest BCUT2D eigenvalue weighted by molar-refractivity contribution is -0.292. The molecule has 1 aromatic carbocycles. The van der Waals surface area contributed by atoms with E-state index < -0.39 is 107 Å². The normalized spacial score (nSPS) is 35.6. The van der Waals surface area contributed by atoms with Crippen molar-refractivity contribution in [1.82, 2.24) is 0 Å². The number of fused-ring (bicyclic) bond motifs is 2. The molecule has 14 nitrogen and oxygen atoms in total. The van der Waals surface area contributed by atoms with E-state index in [2.05, 4.69) is 0 Å². The van der Waals surface area contributed by atoms with Gasteiger partial charge in [0.05, 0.1) is 34.2 Å². The molecular formula is C35H46O14. The Labute approximate surface area is 284 Å². The topological polar surface area (TPSA) is 212 Å². The lowest BCUT2D eigenvalue weighted by atomic mass is 9.51. The quantitative estimate of drug-likeness (QED) is 0.173. The molecule has 2 saturated carbocycles. The molecule has 3 aliphatic rings. The molecule has 14 heteroatoms. The number of esters is 5. The van der Waals surface area contributed by atoms with Crippen LogP contribution in [0.15, 0.2) is 41.5 Å². The zero-order chi connectivity index (χ0) is 36.9. The fourth-order valence-corrected chi connectivity index (χ4v) is 8.50. The van der Waals surface area contributed by atoms with Crippen molar-refractivity contribution in [3.63, 3.8) is 0 Å². The van der Waals surface area contributed by atoms with Gasteiger partial charge >= 0.3 is 29.8 Å². The van der Waals surface area contributed by atoms with E-state index in [-0.39, 0.29) is 23.1 Å². The highest BCUT2D eigenvalue weighted by Crippen LogP contribution is 2.66. The van der Waals surface area contributed by atoms with Crippen molar-refractivity contribution in [2.75, 3.05) is 6.61 Å². The molecule has 0 radical (unpaired) electrons. The van der Waals surface area contributed by atoms with Crippen molar-refractivity contribution in [2.45, 2.75) is 116 Å². The standard InChI is InChI=1S/C35H46O14/c1-17-23(40)15-34(32(6,7)43)26(17)27(49-31(42)22-12-10-9-11-13-22)30(48-21(5)39)33(8)24(46-19(3)37)14-25(47-20(4)38)35(44,16-45-18(2)36)28(33)29(34)41/h9-13,23-25,27-30,40-41,43-44H,14-16H2,1-8H3/t23-,24-,25+,27-,28+,29+,30+,33+,34-,35+/m1/s1. The Morgan fingerprint density at radius 3 is 1.92 bits per heavy atom. The van der Waals surface area contributed by atoms with Gasteiger partial charge in [0, 0.05) is 40.0 Å². The first-order chi connectivity index (χ1) is 22.6. The molecule has 0 aliphatic heterocycles. The SMILES string of the molecule is CC(=O)OC[C@]1(O)[C@@H](OC(C)=O)C[C@@H](OC(C)=O)[C@@]2(C)[C@@H]1[C@H](O)[C@@]1(C(C)(C)O)C[C@@H](O)C(C)=C1[C@@H](OC(=O)c1ccccc1)[C@@H]2OC(C)=O. The first-order valence-corrected chi connectivity index (χ1v) is 16.1. The molecule has 3 aliphatic carbocycles. The summed E-state index contributed by atoms with van der Waals surface area (Å²) in [4.78, 5) is 64.2. The molecule has 0 spiro atoms. The van der Waals surface area contributed by atoms with Gasteiger partial charge in [0.15, 0.2) is 12.2 Å². The minimum absolute atomic E-state index is 0.0200. The summed E-state index contributed by atoms with van der Waals surface area (Å²) in [6.07, 6.45) is -10.5. The van der Waals surface area contributed by atoms with Gasteiger partial charge in [0.1, 0.15) is 24.4 Å². The fourth-order valence-electron chi connectivity index (χ4n) is 8.50. The van der Waals surface area contributed by atoms with E-state index in [9.17, 15) is 44.4 Å². The van der Waals surface area contributed by atoms with Gasteiger partial charge in [-0.3, -0.25) is 19.2 Å². The Bertz CT molecular complexity index is 1510. The second kappa shape index (κ2) is 13.5.